The summed E-state index contributed by atoms with van der Waals surface area (Å²) in [6.07, 6.45) is 1.78. The van der Waals surface area contributed by atoms with Crippen molar-refractivity contribution >= 4 is 17.6 Å². The topological polar surface area (TPSA) is 47.6 Å². The fraction of sp³-hybridized carbons (Fsp3) is 0.188. The Balaban J connectivity index is 2.30. The molecule has 2 N–H and O–H groups in total. The van der Waals surface area contributed by atoms with Gasteiger partial charge in [-0.1, -0.05) is 6.07 Å². The van der Waals surface area contributed by atoms with Gasteiger partial charge in [0.2, 0.25) is 0 Å². The zero-order valence-corrected chi connectivity index (χ0v) is 11.5. The molecular weight excluding hydrogens is 236 g/mol. The molecule has 0 bridgehead atoms. The number of nitrogen functional groups attached to an aromatic ring is 1. The molecule has 2 aromatic rings. The average molecular weight is 254 g/mol. The lowest BCUT2D eigenvalue weighted by molar-refractivity contribution is 0.479. The Hall–Kier alpha value is -2.29. The molecule has 2 aromatic carbocycles. The normalized spacial score (nSPS) is 10.9. The zero-order chi connectivity index (χ0) is 13.8. The predicted octanol–water partition coefficient (Wildman–Crippen LogP) is 4.40. The van der Waals surface area contributed by atoms with Crippen molar-refractivity contribution in [3.8, 4) is 11.5 Å². The van der Waals surface area contributed by atoms with Crippen LogP contribution in [0.5, 0.6) is 11.5 Å². The Kier molecular flexibility index (Phi) is 3.85. The van der Waals surface area contributed by atoms with E-state index in [-0.39, 0.29) is 0 Å². The number of hydrogen-bond donors (Lipinski definition) is 1. The van der Waals surface area contributed by atoms with Gasteiger partial charge in [-0.25, -0.2) is 0 Å². The van der Waals surface area contributed by atoms with Crippen LogP contribution < -0.4 is 10.5 Å². The number of nitrogens with two attached hydrogens (primary N) is 1. The number of benzene rings is 2. The minimum absolute atomic E-state index is 0.741. The second kappa shape index (κ2) is 5.57. The minimum atomic E-state index is 0.741. The second-order valence-corrected chi connectivity index (χ2v) is 4.46. The highest BCUT2D eigenvalue weighted by Crippen LogP contribution is 2.30. The summed E-state index contributed by atoms with van der Waals surface area (Å²) in [7, 11) is 0. The number of rotatable bonds is 3. The Labute approximate surface area is 113 Å². The summed E-state index contributed by atoms with van der Waals surface area (Å²) < 4.78 is 5.88. The van der Waals surface area contributed by atoms with Crippen LogP contribution in [0, 0.1) is 13.8 Å². The highest BCUT2D eigenvalue weighted by Gasteiger charge is 2.04. The minimum Gasteiger partial charge on any atom is -0.457 e. The first-order valence-corrected chi connectivity index (χ1v) is 6.23. The lowest BCUT2D eigenvalue weighted by Crippen LogP contribution is -1.91. The average Bonchev–Trinajstić information content (AvgIpc) is 2.37. The van der Waals surface area contributed by atoms with E-state index in [2.05, 4.69) is 4.99 Å². The van der Waals surface area contributed by atoms with Crippen molar-refractivity contribution in [2.24, 2.45) is 4.99 Å². The van der Waals surface area contributed by atoms with Crippen molar-refractivity contribution < 1.29 is 4.74 Å². The van der Waals surface area contributed by atoms with Crippen molar-refractivity contribution in [1.82, 2.24) is 0 Å². The summed E-state index contributed by atoms with van der Waals surface area (Å²) in [6.45, 7) is 5.91. The number of aliphatic imine (C=N–C) groups is 1. The van der Waals surface area contributed by atoms with Gasteiger partial charge in [-0.05, 0) is 56.2 Å². The van der Waals surface area contributed by atoms with Gasteiger partial charge in [-0.15, -0.1) is 0 Å². The SMILES string of the molecule is C/C=N\c1cc(Oc2ccc(N)cc2C)ccc1C. The molecular formula is C16H18N2O. The molecule has 0 unspecified atom stereocenters. The molecule has 0 spiro atoms. The molecule has 0 amide bonds. The van der Waals surface area contributed by atoms with Crippen molar-refractivity contribution in [1.29, 1.82) is 0 Å². The molecule has 3 nitrogen and oxygen atoms in total. The van der Waals surface area contributed by atoms with Gasteiger partial charge in [0.15, 0.2) is 0 Å². The maximum absolute atomic E-state index is 5.88. The Morgan fingerprint density at radius 1 is 1.05 bits per heavy atom. The van der Waals surface area contributed by atoms with E-state index in [4.69, 9.17) is 10.5 Å². The Bertz CT molecular complexity index is 618. The highest BCUT2D eigenvalue weighted by atomic mass is 16.5. The number of aryl methyl sites for hydroxylation is 2. The summed E-state index contributed by atoms with van der Waals surface area (Å²) in [5, 5.41) is 0. The lowest BCUT2D eigenvalue weighted by Gasteiger charge is -2.10. The molecule has 0 aliphatic carbocycles. The molecule has 0 radical (unpaired) electrons. The van der Waals surface area contributed by atoms with Crippen LogP contribution in [0.3, 0.4) is 0 Å². The zero-order valence-electron chi connectivity index (χ0n) is 11.5. The fourth-order valence-electron chi connectivity index (χ4n) is 1.84. The largest absolute Gasteiger partial charge is 0.457 e. The molecule has 0 aromatic heterocycles. The van der Waals surface area contributed by atoms with Crippen LogP contribution >= 0.6 is 0 Å². The fourth-order valence-corrected chi connectivity index (χ4v) is 1.84. The molecule has 0 aliphatic heterocycles. The predicted molar refractivity (Wildman–Crippen MR) is 80.7 cm³/mol. The quantitative estimate of drug-likeness (QED) is 0.651. The third-order valence-electron chi connectivity index (χ3n) is 2.88. The van der Waals surface area contributed by atoms with Gasteiger partial charge in [-0.2, -0.15) is 0 Å². The van der Waals surface area contributed by atoms with E-state index in [1.807, 2.05) is 57.2 Å². The first kappa shape index (κ1) is 13.1. The van der Waals surface area contributed by atoms with Crippen molar-refractivity contribution in [3.63, 3.8) is 0 Å². The maximum Gasteiger partial charge on any atom is 0.130 e. The first-order valence-electron chi connectivity index (χ1n) is 6.23. The van der Waals surface area contributed by atoms with E-state index in [1.165, 1.54) is 0 Å². The second-order valence-electron chi connectivity index (χ2n) is 4.46. The molecule has 0 aliphatic rings. The standard InChI is InChI=1S/C16H18N2O/c1-4-18-15-10-14(7-5-11(15)2)19-16-8-6-13(17)9-12(16)3/h4-10H,17H2,1-3H3/b18-4-. The van der Waals surface area contributed by atoms with Crippen molar-refractivity contribution in [2.75, 3.05) is 5.73 Å². The third-order valence-corrected chi connectivity index (χ3v) is 2.88. The van der Waals surface area contributed by atoms with E-state index in [9.17, 15) is 0 Å². The molecule has 3 heteroatoms. The molecule has 98 valence electrons. The Morgan fingerprint density at radius 2 is 1.84 bits per heavy atom. The van der Waals surface area contributed by atoms with E-state index >= 15 is 0 Å². The van der Waals surface area contributed by atoms with Crippen LogP contribution in [-0.4, -0.2) is 6.21 Å². The summed E-state index contributed by atoms with van der Waals surface area (Å²) >= 11 is 0. The van der Waals surface area contributed by atoms with Gasteiger partial charge in [0.1, 0.15) is 11.5 Å². The molecule has 0 fully saturated rings. The summed E-state index contributed by atoms with van der Waals surface area (Å²) in [6, 6.07) is 11.5. The molecule has 0 heterocycles. The maximum atomic E-state index is 5.88. The van der Waals surface area contributed by atoms with Crippen LogP contribution in [0.2, 0.25) is 0 Å². The molecule has 19 heavy (non-hydrogen) atoms. The van der Waals surface area contributed by atoms with E-state index < -0.39 is 0 Å². The number of anilines is 1. The monoisotopic (exact) mass is 254 g/mol. The summed E-state index contributed by atoms with van der Waals surface area (Å²) in [4.78, 5) is 4.32. The first-order chi connectivity index (χ1) is 9.10. The van der Waals surface area contributed by atoms with Crippen LogP contribution in [0.4, 0.5) is 11.4 Å². The van der Waals surface area contributed by atoms with E-state index in [0.29, 0.717) is 0 Å². The number of ether oxygens (including phenoxy) is 1. The smallest absolute Gasteiger partial charge is 0.130 e. The van der Waals surface area contributed by atoms with Crippen LogP contribution in [-0.2, 0) is 0 Å². The number of hydrogen-bond acceptors (Lipinski definition) is 3. The van der Waals surface area contributed by atoms with Crippen molar-refractivity contribution in [3.05, 3.63) is 47.5 Å². The third kappa shape index (κ3) is 3.13. The molecule has 0 saturated heterocycles. The van der Waals surface area contributed by atoms with Crippen LogP contribution in [0.25, 0.3) is 0 Å². The van der Waals surface area contributed by atoms with Gasteiger partial charge in [0, 0.05) is 18.0 Å². The molecule has 0 atom stereocenters. The molecule has 0 saturated carbocycles. The lowest BCUT2D eigenvalue weighted by atomic mass is 10.2. The Morgan fingerprint density at radius 3 is 2.53 bits per heavy atom. The highest BCUT2D eigenvalue weighted by molar-refractivity contribution is 5.63. The van der Waals surface area contributed by atoms with Crippen LogP contribution in [0.15, 0.2) is 41.4 Å². The van der Waals surface area contributed by atoms with Crippen molar-refractivity contribution in [2.45, 2.75) is 20.8 Å². The summed E-state index contributed by atoms with van der Waals surface area (Å²) in [5.41, 5.74) is 9.53. The van der Waals surface area contributed by atoms with E-state index in [1.54, 1.807) is 6.21 Å². The summed E-state index contributed by atoms with van der Waals surface area (Å²) in [5.74, 6) is 1.59. The van der Waals surface area contributed by atoms with Gasteiger partial charge >= 0.3 is 0 Å². The van der Waals surface area contributed by atoms with Crippen LogP contribution in [0.1, 0.15) is 18.1 Å². The van der Waals surface area contributed by atoms with Gasteiger partial charge in [-0.3, -0.25) is 4.99 Å². The van der Waals surface area contributed by atoms with Gasteiger partial charge < -0.3 is 10.5 Å². The number of nitrogens with zero attached hydrogens (tertiary/aromatic N) is 1. The molecule has 2 rings (SSSR count). The van der Waals surface area contributed by atoms with Gasteiger partial charge in [0.25, 0.3) is 0 Å². The van der Waals surface area contributed by atoms with E-state index in [0.717, 1.165) is 34.0 Å². The van der Waals surface area contributed by atoms with Gasteiger partial charge in [0.05, 0.1) is 5.69 Å².